The van der Waals surface area contributed by atoms with E-state index in [1.165, 1.54) is 31.4 Å². The molecule has 4 rings (SSSR count). The van der Waals surface area contributed by atoms with E-state index in [0.29, 0.717) is 5.69 Å². The third-order valence-corrected chi connectivity index (χ3v) is 5.89. The molecule has 1 aliphatic rings. The molecule has 3 aromatic rings. The number of hydrogen-bond donors (Lipinski definition) is 0. The predicted molar refractivity (Wildman–Crippen MR) is 138 cm³/mol. The second-order valence-corrected chi connectivity index (χ2v) is 9.04. The smallest absolute Gasteiger partial charge is 0.303 e. The van der Waals surface area contributed by atoms with Gasteiger partial charge in [0.25, 0.3) is 0 Å². The van der Waals surface area contributed by atoms with Crippen LogP contribution in [0.2, 0.25) is 0 Å². The fourth-order valence-electron chi connectivity index (χ4n) is 4.30. The molecule has 2 aromatic heterocycles. The molecule has 0 saturated carbocycles. The molecule has 13 heteroatoms. The van der Waals surface area contributed by atoms with Gasteiger partial charge >= 0.3 is 23.9 Å². The Kier molecular flexibility index (Phi) is 8.97. The van der Waals surface area contributed by atoms with Crippen LogP contribution in [0.15, 0.2) is 58.1 Å². The maximum atomic E-state index is 13.1. The van der Waals surface area contributed by atoms with Crippen LogP contribution in [-0.2, 0) is 42.9 Å². The van der Waals surface area contributed by atoms with Gasteiger partial charge in [-0.15, -0.1) is 0 Å². The molecule has 0 unspecified atom stereocenters. The molecule has 5 atom stereocenters. The molecule has 216 valence electrons. The van der Waals surface area contributed by atoms with Gasteiger partial charge in [-0.1, -0.05) is 6.07 Å². The number of aromatic nitrogens is 1. The number of carbonyl (C=O) groups excluding carboxylic acids is 4. The Morgan fingerprint density at radius 3 is 2.17 bits per heavy atom. The molecule has 0 N–H and O–H groups in total. The molecule has 0 amide bonds. The Balaban J connectivity index is 1.70. The normalized spacial score (nSPS) is 21.9. The molecule has 3 heterocycles. The zero-order valence-corrected chi connectivity index (χ0v) is 22.6. The zero-order valence-electron chi connectivity index (χ0n) is 22.6. The Hall–Kier alpha value is -4.78. The van der Waals surface area contributed by atoms with Gasteiger partial charge in [-0.25, -0.2) is 0 Å². The van der Waals surface area contributed by atoms with Crippen molar-refractivity contribution >= 4 is 34.8 Å². The molecule has 41 heavy (non-hydrogen) atoms. The monoisotopic (exact) mass is 569 g/mol. The van der Waals surface area contributed by atoms with E-state index in [-0.39, 0.29) is 27.7 Å². The van der Waals surface area contributed by atoms with Crippen LogP contribution in [0.3, 0.4) is 0 Å². The van der Waals surface area contributed by atoms with Crippen LogP contribution in [0, 0.1) is 0 Å². The largest absolute Gasteiger partial charge is 0.463 e. The second-order valence-electron chi connectivity index (χ2n) is 9.04. The van der Waals surface area contributed by atoms with Crippen molar-refractivity contribution in [2.75, 3.05) is 6.61 Å². The molecule has 0 radical (unpaired) electrons. The first-order chi connectivity index (χ1) is 19.5. The summed E-state index contributed by atoms with van der Waals surface area (Å²) < 4.78 is 38.8. The number of rotatable bonds is 8. The highest BCUT2D eigenvalue weighted by Crippen LogP contribution is 2.32. The number of benzene rings is 1. The SMILES string of the molecule is CC(=O)OC[C@@H]1O[C@H](Oc2ccc3c(=O)c(-c4ccccn4)coc3c2)[C@H](OC(C)=O)[C@H](OC(C)=O)[C@@H]1OC(C)=O. The van der Waals surface area contributed by atoms with E-state index in [1.807, 2.05) is 0 Å². The van der Waals surface area contributed by atoms with Crippen LogP contribution in [-0.4, -0.2) is 66.2 Å². The zero-order chi connectivity index (χ0) is 29.7. The minimum absolute atomic E-state index is 0.132. The summed E-state index contributed by atoms with van der Waals surface area (Å²) in [5.41, 5.74) is 0.578. The van der Waals surface area contributed by atoms with Gasteiger partial charge in [0.05, 0.1) is 16.6 Å². The van der Waals surface area contributed by atoms with Crippen molar-refractivity contribution < 1.29 is 52.0 Å². The molecule has 1 fully saturated rings. The number of esters is 4. The van der Waals surface area contributed by atoms with E-state index in [4.69, 9.17) is 32.8 Å². The summed E-state index contributed by atoms with van der Waals surface area (Å²) in [7, 11) is 0. The van der Waals surface area contributed by atoms with Crippen molar-refractivity contribution in [3.05, 3.63) is 59.1 Å². The Labute approximate surface area is 233 Å². The van der Waals surface area contributed by atoms with Crippen LogP contribution in [0.4, 0.5) is 0 Å². The van der Waals surface area contributed by atoms with Crippen molar-refractivity contribution in [3.63, 3.8) is 0 Å². The van der Waals surface area contributed by atoms with Gasteiger partial charge in [0, 0.05) is 40.0 Å². The first-order valence-corrected chi connectivity index (χ1v) is 12.5. The van der Waals surface area contributed by atoms with Gasteiger partial charge in [-0.2, -0.15) is 0 Å². The third-order valence-electron chi connectivity index (χ3n) is 5.89. The van der Waals surface area contributed by atoms with Crippen molar-refractivity contribution in [2.24, 2.45) is 0 Å². The van der Waals surface area contributed by atoms with E-state index in [0.717, 1.165) is 20.8 Å². The molecule has 1 aromatic carbocycles. The van der Waals surface area contributed by atoms with Crippen molar-refractivity contribution in [2.45, 2.75) is 58.4 Å². The van der Waals surface area contributed by atoms with Gasteiger partial charge in [0.1, 0.15) is 30.3 Å². The Morgan fingerprint density at radius 2 is 1.54 bits per heavy atom. The lowest BCUT2D eigenvalue weighted by Crippen LogP contribution is -2.63. The van der Waals surface area contributed by atoms with Gasteiger partial charge in [0.2, 0.25) is 17.8 Å². The molecule has 1 saturated heterocycles. The number of carbonyl (C=O) groups is 4. The van der Waals surface area contributed by atoms with Gasteiger partial charge < -0.3 is 32.8 Å². The van der Waals surface area contributed by atoms with Gasteiger partial charge in [-0.05, 0) is 24.3 Å². The molecule has 0 spiro atoms. The first-order valence-electron chi connectivity index (χ1n) is 12.5. The van der Waals surface area contributed by atoms with Crippen molar-refractivity contribution in [1.29, 1.82) is 0 Å². The van der Waals surface area contributed by atoms with Crippen LogP contribution in [0.5, 0.6) is 5.75 Å². The molecule has 0 aliphatic carbocycles. The highest BCUT2D eigenvalue weighted by molar-refractivity contribution is 5.82. The third kappa shape index (κ3) is 7.06. The summed E-state index contributed by atoms with van der Waals surface area (Å²) in [6.07, 6.45) is -3.90. The standard InChI is InChI=1S/C28H27NO12/c1-14(30)35-13-23-25(37-15(2)31)26(38-16(3)32)27(39-17(4)33)28(41-23)40-18-8-9-19-22(11-18)36-12-20(24(19)34)21-7-5-6-10-29-21/h5-12,23,25-28H,13H2,1-4H3/t23-,25+,26+,27+,28-/m0/s1. The fourth-order valence-corrected chi connectivity index (χ4v) is 4.30. The Morgan fingerprint density at radius 1 is 0.854 bits per heavy atom. The van der Waals surface area contributed by atoms with Gasteiger partial charge in [0.15, 0.2) is 12.2 Å². The maximum absolute atomic E-state index is 13.1. The number of fused-ring (bicyclic) bond motifs is 1. The van der Waals surface area contributed by atoms with Gasteiger partial charge in [-0.3, -0.25) is 29.0 Å². The quantitative estimate of drug-likeness (QED) is 0.287. The lowest BCUT2D eigenvalue weighted by molar-refractivity contribution is -0.288. The molecule has 13 nitrogen and oxygen atoms in total. The summed E-state index contributed by atoms with van der Waals surface area (Å²) in [5.74, 6) is -2.80. The van der Waals surface area contributed by atoms with Crippen LogP contribution >= 0.6 is 0 Å². The summed E-state index contributed by atoms with van der Waals surface area (Å²) in [5, 5.41) is 0.252. The average molecular weight is 570 g/mol. The molecular formula is C28H27NO12. The van der Waals surface area contributed by atoms with Crippen molar-refractivity contribution in [1.82, 2.24) is 4.98 Å². The van der Waals surface area contributed by atoms with E-state index < -0.39 is 61.2 Å². The van der Waals surface area contributed by atoms with Crippen LogP contribution < -0.4 is 10.2 Å². The topological polar surface area (TPSA) is 167 Å². The van der Waals surface area contributed by atoms with Crippen molar-refractivity contribution in [3.8, 4) is 17.0 Å². The minimum atomic E-state index is -1.44. The van der Waals surface area contributed by atoms with Crippen LogP contribution in [0.1, 0.15) is 27.7 Å². The average Bonchev–Trinajstić information content (AvgIpc) is 2.91. The first kappa shape index (κ1) is 29.2. The van der Waals surface area contributed by atoms with E-state index in [1.54, 1.807) is 24.4 Å². The second kappa shape index (κ2) is 12.6. The summed E-state index contributed by atoms with van der Waals surface area (Å²) in [6.45, 7) is 4.13. The highest BCUT2D eigenvalue weighted by atomic mass is 16.7. The lowest BCUT2D eigenvalue weighted by atomic mass is 9.98. The molecule has 0 bridgehead atoms. The van der Waals surface area contributed by atoms with E-state index in [2.05, 4.69) is 4.98 Å². The fraction of sp³-hybridized carbons (Fsp3) is 0.357. The molecule has 1 aliphatic heterocycles. The summed E-state index contributed by atoms with van der Waals surface area (Å²) in [4.78, 5) is 64.7. The highest BCUT2D eigenvalue weighted by Gasteiger charge is 2.53. The van der Waals surface area contributed by atoms with E-state index in [9.17, 15) is 24.0 Å². The summed E-state index contributed by atoms with van der Waals surface area (Å²) in [6, 6.07) is 9.52. The minimum Gasteiger partial charge on any atom is -0.463 e. The van der Waals surface area contributed by atoms with E-state index >= 15 is 0 Å². The predicted octanol–water partition coefficient (Wildman–Crippen LogP) is 2.32. The number of nitrogens with zero attached hydrogens (tertiary/aromatic N) is 1. The maximum Gasteiger partial charge on any atom is 0.303 e. The molecular weight excluding hydrogens is 542 g/mol. The summed E-state index contributed by atoms with van der Waals surface area (Å²) >= 11 is 0. The number of ether oxygens (including phenoxy) is 6. The number of pyridine rings is 1. The van der Waals surface area contributed by atoms with Crippen LogP contribution in [0.25, 0.3) is 22.2 Å². The Bertz CT molecular complexity index is 1500. The lowest BCUT2D eigenvalue weighted by Gasteiger charge is -2.43. The number of hydrogen-bond acceptors (Lipinski definition) is 13.